The second kappa shape index (κ2) is 6.54. The van der Waals surface area contributed by atoms with Gasteiger partial charge in [-0.1, -0.05) is 0 Å². The van der Waals surface area contributed by atoms with Crippen LogP contribution >= 0.6 is 0 Å². The Morgan fingerprint density at radius 2 is 2.08 bits per heavy atom. The van der Waals surface area contributed by atoms with E-state index >= 15 is 0 Å². The predicted molar refractivity (Wildman–Crippen MR) is 95.3 cm³/mol. The number of nitrogens with one attached hydrogen (secondary N) is 1. The summed E-state index contributed by atoms with van der Waals surface area (Å²) < 4.78 is 7.25. The molecular weight excluding hydrogens is 314 g/mol. The molecule has 1 fully saturated rings. The average Bonchev–Trinajstić information content (AvgIpc) is 3.07. The number of nitriles is 1. The highest BCUT2D eigenvalue weighted by Gasteiger charge is 2.16. The molecule has 4 heterocycles. The van der Waals surface area contributed by atoms with Gasteiger partial charge < -0.3 is 10.1 Å². The van der Waals surface area contributed by atoms with Gasteiger partial charge in [-0.05, 0) is 49.6 Å². The predicted octanol–water partition coefficient (Wildman–Crippen LogP) is 3.17. The Balaban J connectivity index is 1.69. The Morgan fingerprint density at radius 3 is 2.88 bits per heavy atom. The Hall–Kier alpha value is -2.91. The first-order valence-corrected chi connectivity index (χ1v) is 8.44. The van der Waals surface area contributed by atoms with Crippen molar-refractivity contribution in [3.05, 3.63) is 47.8 Å². The third-order valence-corrected chi connectivity index (χ3v) is 4.58. The van der Waals surface area contributed by atoms with Crippen molar-refractivity contribution in [2.45, 2.75) is 25.8 Å². The molecule has 1 saturated heterocycles. The summed E-state index contributed by atoms with van der Waals surface area (Å²) in [5.74, 6) is 0. The summed E-state index contributed by atoms with van der Waals surface area (Å²) in [5, 5.41) is 17.0. The van der Waals surface area contributed by atoms with Crippen LogP contribution in [0.1, 0.15) is 24.0 Å². The zero-order valence-corrected chi connectivity index (χ0v) is 14.1. The largest absolute Gasteiger partial charge is 0.382 e. The fourth-order valence-electron chi connectivity index (χ4n) is 3.14. The second-order valence-corrected chi connectivity index (χ2v) is 6.33. The van der Waals surface area contributed by atoms with Crippen LogP contribution in [0, 0.1) is 18.3 Å². The number of anilines is 1. The lowest BCUT2D eigenvalue weighted by molar-refractivity contribution is 0.0904. The van der Waals surface area contributed by atoms with Crippen LogP contribution in [-0.2, 0) is 4.74 Å². The zero-order valence-electron chi connectivity index (χ0n) is 14.1. The van der Waals surface area contributed by atoms with Crippen LogP contribution in [0.4, 0.5) is 5.69 Å². The van der Waals surface area contributed by atoms with Crippen molar-refractivity contribution < 1.29 is 4.74 Å². The van der Waals surface area contributed by atoms with Gasteiger partial charge in [0, 0.05) is 31.1 Å². The number of fused-ring (bicyclic) bond motifs is 1. The van der Waals surface area contributed by atoms with Crippen molar-refractivity contribution >= 4 is 11.2 Å². The molecule has 3 aromatic heterocycles. The van der Waals surface area contributed by atoms with Crippen LogP contribution in [0.3, 0.4) is 0 Å². The topological polar surface area (TPSA) is 75.2 Å². The van der Waals surface area contributed by atoms with Gasteiger partial charge in [-0.3, -0.25) is 4.98 Å². The van der Waals surface area contributed by atoms with Crippen LogP contribution in [0.25, 0.3) is 16.9 Å². The van der Waals surface area contributed by atoms with E-state index in [9.17, 15) is 0 Å². The lowest BCUT2D eigenvalue weighted by Gasteiger charge is -2.25. The molecular formula is C19H19N5O. The number of hydrogen-bond donors (Lipinski definition) is 1. The smallest absolute Gasteiger partial charge is 0.101 e. The summed E-state index contributed by atoms with van der Waals surface area (Å²) >= 11 is 0. The Bertz CT molecular complexity index is 950. The zero-order chi connectivity index (χ0) is 17.2. The van der Waals surface area contributed by atoms with Crippen LogP contribution < -0.4 is 5.32 Å². The van der Waals surface area contributed by atoms with E-state index in [1.807, 2.05) is 28.9 Å². The van der Waals surface area contributed by atoms with Gasteiger partial charge in [-0.2, -0.15) is 10.4 Å². The molecule has 0 unspecified atom stereocenters. The summed E-state index contributed by atoms with van der Waals surface area (Å²) in [4.78, 5) is 4.58. The van der Waals surface area contributed by atoms with E-state index in [1.165, 1.54) is 0 Å². The molecule has 4 rings (SSSR count). The van der Waals surface area contributed by atoms with Crippen molar-refractivity contribution in [3.8, 4) is 17.5 Å². The van der Waals surface area contributed by atoms with Gasteiger partial charge in [-0.15, -0.1) is 0 Å². The van der Waals surface area contributed by atoms with E-state index < -0.39 is 0 Å². The third-order valence-electron chi connectivity index (χ3n) is 4.58. The van der Waals surface area contributed by atoms with E-state index in [4.69, 9.17) is 10.00 Å². The van der Waals surface area contributed by atoms with Gasteiger partial charge in [0.1, 0.15) is 6.07 Å². The molecule has 0 saturated carbocycles. The van der Waals surface area contributed by atoms with E-state index in [1.54, 1.807) is 6.20 Å². The molecule has 0 bridgehead atoms. The molecule has 3 aromatic rings. The minimum atomic E-state index is 0.433. The van der Waals surface area contributed by atoms with Gasteiger partial charge in [0.2, 0.25) is 0 Å². The molecule has 6 heteroatoms. The second-order valence-electron chi connectivity index (χ2n) is 6.33. The number of rotatable bonds is 3. The number of pyridine rings is 1. The third kappa shape index (κ3) is 3.06. The molecule has 0 spiro atoms. The van der Waals surface area contributed by atoms with Crippen LogP contribution in [0.2, 0.25) is 0 Å². The van der Waals surface area contributed by atoms with Gasteiger partial charge in [0.25, 0.3) is 0 Å². The maximum absolute atomic E-state index is 9.01. The maximum atomic E-state index is 9.01. The molecule has 0 aromatic carbocycles. The van der Waals surface area contributed by atoms with Gasteiger partial charge in [0.15, 0.2) is 0 Å². The molecule has 126 valence electrons. The standard InChI is InChI=1S/C19H19N5O/c1-13-11-21-18(9-17(13)23-15-4-6-25-7-5-15)19-3-2-16-8-14(10-20)12-22-24(16)19/h2-3,8-9,11-12,15H,4-7H2,1H3,(H,21,23). The molecule has 0 radical (unpaired) electrons. The van der Waals surface area contributed by atoms with Gasteiger partial charge >= 0.3 is 0 Å². The van der Waals surface area contributed by atoms with Crippen molar-refractivity contribution in [2.24, 2.45) is 0 Å². The fraction of sp³-hybridized carbons (Fsp3) is 0.316. The van der Waals surface area contributed by atoms with Gasteiger partial charge in [0.05, 0.1) is 28.7 Å². The van der Waals surface area contributed by atoms with Crippen molar-refractivity contribution in [3.63, 3.8) is 0 Å². The Labute approximate surface area is 146 Å². The summed E-state index contributed by atoms with van der Waals surface area (Å²) in [6.07, 6.45) is 5.50. The minimum absolute atomic E-state index is 0.433. The van der Waals surface area contributed by atoms with Crippen molar-refractivity contribution in [1.82, 2.24) is 14.6 Å². The summed E-state index contributed by atoms with van der Waals surface area (Å²) in [5.41, 5.74) is 5.43. The first-order valence-electron chi connectivity index (χ1n) is 8.44. The molecule has 1 aliphatic heterocycles. The number of aryl methyl sites for hydroxylation is 1. The van der Waals surface area contributed by atoms with Crippen LogP contribution in [0.5, 0.6) is 0 Å². The highest BCUT2D eigenvalue weighted by molar-refractivity contribution is 5.68. The highest BCUT2D eigenvalue weighted by atomic mass is 16.5. The first-order chi connectivity index (χ1) is 12.2. The van der Waals surface area contributed by atoms with Crippen LogP contribution in [-0.4, -0.2) is 33.9 Å². The lowest BCUT2D eigenvalue weighted by Crippen LogP contribution is -2.28. The maximum Gasteiger partial charge on any atom is 0.101 e. The van der Waals surface area contributed by atoms with Gasteiger partial charge in [-0.25, -0.2) is 4.52 Å². The number of aromatic nitrogens is 3. The molecule has 25 heavy (non-hydrogen) atoms. The van der Waals surface area contributed by atoms with Crippen LogP contribution in [0.15, 0.2) is 36.7 Å². The molecule has 1 aliphatic rings. The van der Waals surface area contributed by atoms with E-state index in [0.29, 0.717) is 11.6 Å². The van der Waals surface area contributed by atoms with Crippen molar-refractivity contribution in [2.75, 3.05) is 18.5 Å². The Kier molecular flexibility index (Phi) is 4.08. The Morgan fingerprint density at radius 1 is 1.24 bits per heavy atom. The van der Waals surface area contributed by atoms with E-state index in [0.717, 1.165) is 54.2 Å². The monoisotopic (exact) mass is 333 g/mol. The fourth-order valence-corrected chi connectivity index (χ4v) is 3.14. The summed E-state index contributed by atoms with van der Waals surface area (Å²) in [6.45, 7) is 3.68. The lowest BCUT2D eigenvalue weighted by atomic mass is 10.1. The molecule has 1 N–H and O–H groups in total. The number of nitrogens with zero attached hydrogens (tertiary/aromatic N) is 4. The summed E-state index contributed by atoms with van der Waals surface area (Å²) in [6, 6.07) is 10.4. The minimum Gasteiger partial charge on any atom is -0.382 e. The molecule has 0 aliphatic carbocycles. The quantitative estimate of drug-likeness (QED) is 0.797. The van der Waals surface area contributed by atoms with Crippen molar-refractivity contribution in [1.29, 1.82) is 5.26 Å². The first kappa shape index (κ1) is 15.6. The average molecular weight is 333 g/mol. The normalized spacial score (nSPS) is 15.2. The highest BCUT2D eigenvalue weighted by Crippen LogP contribution is 2.26. The summed E-state index contributed by atoms with van der Waals surface area (Å²) in [7, 11) is 0. The molecule has 0 amide bonds. The molecule has 6 nitrogen and oxygen atoms in total. The number of hydrogen-bond acceptors (Lipinski definition) is 5. The number of ether oxygens (including phenoxy) is 1. The SMILES string of the molecule is Cc1cnc(-c2ccc3cc(C#N)cnn23)cc1NC1CCOCC1. The van der Waals surface area contributed by atoms with E-state index in [-0.39, 0.29) is 0 Å². The molecule has 0 atom stereocenters. The van der Waals surface area contributed by atoms with E-state index in [2.05, 4.69) is 34.5 Å².